The highest BCUT2D eigenvalue weighted by Crippen LogP contribution is 2.07. The average Bonchev–Trinajstić information content (AvgIpc) is 2.70. The molecule has 0 saturated carbocycles. The van der Waals surface area contributed by atoms with Gasteiger partial charge < -0.3 is 32.1 Å². The number of hydrogen-bond acceptors (Lipinski definition) is 10. The van der Waals surface area contributed by atoms with E-state index in [-0.39, 0.29) is 6.04 Å². The van der Waals surface area contributed by atoms with Crippen molar-refractivity contribution in [2.75, 3.05) is 54.2 Å². The summed E-state index contributed by atoms with van der Waals surface area (Å²) in [6.07, 6.45) is 0. The van der Waals surface area contributed by atoms with E-state index in [0.29, 0.717) is 36.1 Å². The van der Waals surface area contributed by atoms with E-state index in [4.69, 9.17) is 26.8 Å². The molecule has 28 heavy (non-hydrogen) atoms. The Morgan fingerprint density at radius 3 is 2.32 bits per heavy atom. The van der Waals surface area contributed by atoms with Crippen LogP contribution in [0.3, 0.4) is 0 Å². The van der Waals surface area contributed by atoms with Crippen LogP contribution in [0, 0.1) is 0 Å². The van der Waals surface area contributed by atoms with Gasteiger partial charge in [0, 0.05) is 54.2 Å². The Balaban J connectivity index is 0.000000391. The monoisotopic (exact) mass is 456 g/mol. The van der Waals surface area contributed by atoms with Gasteiger partial charge in [-0.3, -0.25) is 14.6 Å². The Kier molecular flexibility index (Phi) is 16.3. The third kappa shape index (κ3) is 14.1. The molecule has 0 aliphatic carbocycles. The van der Waals surface area contributed by atoms with Gasteiger partial charge in [0.25, 0.3) is 0 Å². The number of aliphatic carboxylic acids is 3. The van der Waals surface area contributed by atoms with Gasteiger partial charge in [-0.15, -0.1) is 0 Å². The molecule has 0 amide bonds. The van der Waals surface area contributed by atoms with Crippen molar-refractivity contribution in [3.63, 3.8) is 0 Å². The fourth-order valence-corrected chi connectivity index (χ4v) is 4.11. The molecular weight excluding hydrogens is 428 g/mol. The third-order valence-electron chi connectivity index (χ3n) is 3.12. The van der Waals surface area contributed by atoms with Gasteiger partial charge >= 0.3 is 17.9 Å². The van der Waals surface area contributed by atoms with Crippen LogP contribution >= 0.6 is 35.3 Å². The van der Waals surface area contributed by atoms with Gasteiger partial charge in [0.2, 0.25) is 0 Å². The number of carboxylic acid groups (broad SMARTS) is 3. The van der Waals surface area contributed by atoms with Crippen LogP contribution in [-0.2, 0) is 14.4 Å². The zero-order chi connectivity index (χ0) is 21.4. The van der Waals surface area contributed by atoms with Crippen molar-refractivity contribution in [3.05, 3.63) is 0 Å². The Hall–Kier alpha value is -0.990. The maximum Gasteiger partial charge on any atom is 0.350 e. The van der Waals surface area contributed by atoms with Crippen LogP contribution in [0.1, 0.15) is 0 Å². The molecule has 0 bridgehead atoms. The van der Waals surface area contributed by atoms with Crippen LogP contribution in [0.5, 0.6) is 0 Å². The van der Waals surface area contributed by atoms with Crippen LogP contribution in [0.25, 0.3) is 0 Å². The largest absolute Gasteiger partial charge is 0.480 e. The quantitative estimate of drug-likeness (QED) is 0.260. The van der Waals surface area contributed by atoms with Gasteiger partial charge in [-0.2, -0.15) is 35.3 Å². The molecular formula is C15H28N4O6S3. The maximum absolute atomic E-state index is 10.3. The van der Waals surface area contributed by atoms with Crippen molar-refractivity contribution >= 4 is 58.9 Å². The van der Waals surface area contributed by atoms with Gasteiger partial charge in [-0.05, 0) is 0 Å². The molecule has 2 rings (SSSR count). The van der Waals surface area contributed by atoms with E-state index < -0.39 is 23.9 Å². The van der Waals surface area contributed by atoms with Crippen molar-refractivity contribution in [2.45, 2.75) is 12.1 Å². The lowest BCUT2D eigenvalue weighted by Crippen LogP contribution is -2.43. The Labute approximate surface area is 176 Å². The number of thioether (sulfide) groups is 3. The third-order valence-corrected chi connectivity index (χ3v) is 6.25. The van der Waals surface area contributed by atoms with E-state index in [0.717, 1.165) is 23.8 Å². The molecule has 0 radical (unpaired) electrons. The van der Waals surface area contributed by atoms with Crippen LogP contribution in [0.4, 0.5) is 0 Å². The Bertz CT molecular complexity index is 518. The Morgan fingerprint density at radius 2 is 1.96 bits per heavy atom. The molecule has 0 aromatic rings. The molecule has 2 heterocycles. The fourth-order valence-electron chi connectivity index (χ4n) is 1.68. The smallest absolute Gasteiger partial charge is 0.350 e. The van der Waals surface area contributed by atoms with Gasteiger partial charge in [0.1, 0.15) is 17.8 Å². The van der Waals surface area contributed by atoms with Crippen molar-refractivity contribution < 1.29 is 29.7 Å². The number of rotatable bonds is 7. The van der Waals surface area contributed by atoms with Crippen molar-refractivity contribution in [2.24, 2.45) is 16.5 Å². The highest BCUT2D eigenvalue weighted by Gasteiger charge is 2.19. The maximum atomic E-state index is 10.3. The van der Waals surface area contributed by atoms with Crippen molar-refractivity contribution in [3.8, 4) is 0 Å². The summed E-state index contributed by atoms with van der Waals surface area (Å²) in [5.74, 6) is 1.90. The van der Waals surface area contributed by atoms with Crippen molar-refractivity contribution in [1.29, 1.82) is 0 Å². The lowest BCUT2D eigenvalue weighted by molar-refractivity contribution is -0.139. The predicted molar refractivity (Wildman–Crippen MR) is 116 cm³/mol. The molecule has 2 atom stereocenters. The molecule has 13 heteroatoms. The summed E-state index contributed by atoms with van der Waals surface area (Å²) < 4.78 is 0. The van der Waals surface area contributed by atoms with E-state index in [2.05, 4.69) is 10.3 Å². The number of carbonyl (C=O) groups is 3. The van der Waals surface area contributed by atoms with E-state index >= 15 is 0 Å². The number of aliphatic imine (C=N–C) groups is 1. The first kappa shape index (κ1) is 27.0. The summed E-state index contributed by atoms with van der Waals surface area (Å²) in [4.78, 5) is 34.4. The highest BCUT2D eigenvalue weighted by atomic mass is 32.2. The van der Waals surface area contributed by atoms with Gasteiger partial charge in [0.15, 0.2) is 0 Å². The van der Waals surface area contributed by atoms with E-state index in [1.165, 1.54) is 11.8 Å². The molecule has 1 unspecified atom stereocenters. The van der Waals surface area contributed by atoms with Gasteiger partial charge in [-0.1, -0.05) is 0 Å². The molecule has 2 aliphatic heterocycles. The molecule has 2 aliphatic rings. The number of carboxylic acids is 3. The molecule has 0 aromatic heterocycles. The number of nitrogens with two attached hydrogens (primary N) is 2. The summed E-state index contributed by atoms with van der Waals surface area (Å²) in [6.45, 7) is 2.05. The number of hydrogen-bond donors (Lipinski definition) is 6. The fraction of sp³-hybridized carbons (Fsp3) is 0.733. The summed E-state index contributed by atoms with van der Waals surface area (Å²) in [7, 11) is 0. The van der Waals surface area contributed by atoms with Crippen LogP contribution in [0.2, 0.25) is 0 Å². The van der Waals surface area contributed by atoms with E-state index in [1.807, 2.05) is 0 Å². The minimum absolute atomic E-state index is 0.311. The molecule has 1 saturated heterocycles. The second-order valence-electron chi connectivity index (χ2n) is 5.41. The molecule has 0 aromatic carbocycles. The Morgan fingerprint density at radius 1 is 1.25 bits per heavy atom. The molecule has 8 N–H and O–H groups in total. The van der Waals surface area contributed by atoms with Crippen LogP contribution < -0.4 is 16.8 Å². The zero-order valence-electron chi connectivity index (χ0n) is 15.4. The summed E-state index contributed by atoms with van der Waals surface area (Å²) in [6, 6.07) is -1.07. The lowest BCUT2D eigenvalue weighted by atomic mass is 10.3. The minimum Gasteiger partial charge on any atom is -0.480 e. The van der Waals surface area contributed by atoms with Crippen LogP contribution in [-0.4, -0.2) is 105 Å². The number of nitrogens with one attached hydrogen (secondary N) is 1. The average molecular weight is 457 g/mol. The highest BCUT2D eigenvalue weighted by molar-refractivity contribution is 8.00. The molecule has 10 nitrogen and oxygen atoms in total. The van der Waals surface area contributed by atoms with Gasteiger partial charge in [-0.25, -0.2) is 4.79 Å². The van der Waals surface area contributed by atoms with E-state index in [9.17, 15) is 14.4 Å². The second-order valence-corrected chi connectivity index (χ2v) is 8.82. The predicted octanol–water partition coefficient (Wildman–Crippen LogP) is -0.875. The number of nitrogens with zero attached hydrogens (tertiary/aromatic N) is 1. The SMILES string of the molecule is NCCSC[C@H](N)C(=O)O.O=C(O)C1=NCCSC1.O=C(O)C1CSCCN1. The summed E-state index contributed by atoms with van der Waals surface area (Å²) >= 11 is 4.77. The minimum atomic E-state index is -0.954. The van der Waals surface area contributed by atoms with E-state index in [1.54, 1.807) is 23.5 Å². The first-order valence-electron chi connectivity index (χ1n) is 8.44. The summed E-state index contributed by atoms with van der Waals surface area (Å²) in [5, 5.41) is 28.1. The molecule has 162 valence electrons. The topological polar surface area (TPSA) is 188 Å². The lowest BCUT2D eigenvalue weighted by Gasteiger charge is -2.18. The standard InChI is InChI=1S/C5H12N2O2S.C5H9NO2S.C5H7NO2S/c6-1-2-10-3-4(7)5(8)9;2*7-5(8)4-3-9-2-1-6-4/h4H,1-3,6-7H2,(H,8,9);4,6H,1-3H2,(H,7,8);1-3H2,(H,7,8)/t4-;;/m0../s1. The normalized spacial score (nSPS) is 19.6. The van der Waals surface area contributed by atoms with Gasteiger partial charge in [0.05, 0.1) is 0 Å². The first-order valence-corrected chi connectivity index (χ1v) is 11.9. The first-order chi connectivity index (χ1) is 13.3. The summed E-state index contributed by atoms with van der Waals surface area (Å²) in [5.41, 5.74) is 10.7. The molecule has 0 spiro atoms. The molecule has 1 fully saturated rings. The second kappa shape index (κ2) is 16.9. The van der Waals surface area contributed by atoms with Crippen molar-refractivity contribution in [1.82, 2.24) is 5.32 Å². The zero-order valence-corrected chi connectivity index (χ0v) is 17.9. The van der Waals surface area contributed by atoms with Crippen LogP contribution in [0.15, 0.2) is 4.99 Å².